The van der Waals surface area contributed by atoms with Gasteiger partial charge in [-0.25, -0.2) is 9.97 Å². The van der Waals surface area contributed by atoms with Gasteiger partial charge in [0.2, 0.25) is 5.95 Å². The highest BCUT2D eigenvalue weighted by Crippen LogP contribution is 2.44. The van der Waals surface area contributed by atoms with Gasteiger partial charge in [-0.1, -0.05) is 164 Å². The molecule has 0 fully saturated rings. The summed E-state index contributed by atoms with van der Waals surface area (Å²) in [6.07, 6.45) is 0. The summed E-state index contributed by atoms with van der Waals surface area (Å²) in [4.78, 5) is 12.1. The van der Waals surface area contributed by atoms with Crippen molar-refractivity contribution in [2.45, 2.75) is 0 Å². The highest BCUT2D eigenvalue weighted by molar-refractivity contribution is 7.22. The van der Waals surface area contributed by atoms with Crippen molar-refractivity contribution in [2.75, 3.05) is 0 Å². The summed E-state index contributed by atoms with van der Waals surface area (Å²) in [5, 5.41) is 9.69. The minimum Gasteiger partial charge on any atom is -0.309 e. The third-order valence-corrected chi connectivity index (χ3v) is 13.5. The summed E-state index contributed by atoms with van der Waals surface area (Å²) in [6, 6.07) is 74.3. The van der Waals surface area contributed by atoms with Gasteiger partial charge in [-0.2, -0.15) is 0 Å². The van der Waals surface area contributed by atoms with Gasteiger partial charge in [0.05, 0.1) is 38.0 Å². The van der Waals surface area contributed by atoms with Crippen molar-refractivity contribution in [3.05, 3.63) is 206 Å². The first-order chi connectivity index (χ1) is 30.3. The lowest BCUT2D eigenvalue weighted by atomic mass is 9.98. The van der Waals surface area contributed by atoms with Gasteiger partial charge in [-0.15, -0.1) is 11.3 Å². The third-order valence-electron chi connectivity index (χ3n) is 12.3. The zero-order valence-corrected chi connectivity index (χ0v) is 33.6. The molecule has 0 atom stereocenters. The van der Waals surface area contributed by atoms with Crippen molar-refractivity contribution < 1.29 is 0 Å². The molecular formula is C56H34N4S. The van der Waals surface area contributed by atoms with E-state index >= 15 is 0 Å². The number of hydrogen-bond acceptors (Lipinski definition) is 3. The molecule has 0 N–H and O–H groups in total. The summed E-state index contributed by atoms with van der Waals surface area (Å²) in [6.45, 7) is 0. The van der Waals surface area contributed by atoms with Crippen LogP contribution in [-0.4, -0.2) is 19.1 Å². The van der Waals surface area contributed by atoms with E-state index in [1.165, 1.54) is 64.7 Å². The molecule has 13 aromatic rings. The molecule has 61 heavy (non-hydrogen) atoms. The van der Waals surface area contributed by atoms with Crippen LogP contribution in [0, 0.1) is 0 Å². The summed E-state index contributed by atoms with van der Waals surface area (Å²) >= 11 is 1.77. The second-order valence-corrected chi connectivity index (χ2v) is 16.8. The smallest absolute Gasteiger partial charge is 0.235 e. The Bertz CT molecular complexity index is 3870. The van der Waals surface area contributed by atoms with Gasteiger partial charge in [0.25, 0.3) is 0 Å². The second kappa shape index (κ2) is 13.3. The van der Waals surface area contributed by atoms with Crippen LogP contribution in [0.3, 0.4) is 0 Å². The lowest BCUT2D eigenvalue weighted by Gasteiger charge is -2.12. The highest BCUT2D eigenvalue weighted by atomic mass is 32.1. The van der Waals surface area contributed by atoms with E-state index in [1.54, 1.807) is 11.3 Å². The van der Waals surface area contributed by atoms with E-state index in [2.05, 4.69) is 215 Å². The first kappa shape index (κ1) is 34.0. The summed E-state index contributed by atoms with van der Waals surface area (Å²) in [5.41, 5.74) is 12.2. The average molecular weight is 795 g/mol. The standard InChI is InChI=1S/C56H34N4S/c1-3-17-37(18-4-1)53-55-47(34-51(61-55)44-26-13-19-35-15-7-9-22-40(35)44)57-56(58-53)60-49-31-30-38(33-46(49)52-41-23-10-8-16-36(41)29-32-50(52)60)42-25-14-27-45-43-24-11-12-28-48(43)59(54(42)45)39-20-5-2-6-21-39/h1-34H. The molecule has 4 nitrogen and oxygen atoms in total. The van der Waals surface area contributed by atoms with E-state index in [4.69, 9.17) is 9.97 Å². The number of aromatic nitrogens is 4. The molecule has 0 aliphatic carbocycles. The third kappa shape index (κ3) is 5.18. The van der Waals surface area contributed by atoms with E-state index in [-0.39, 0.29) is 0 Å². The molecule has 4 aromatic heterocycles. The fourth-order valence-electron chi connectivity index (χ4n) is 9.65. The molecule has 0 unspecified atom stereocenters. The monoisotopic (exact) mass is 794 g/mol. The number of nitrogens with zero attached hydrogens (tertiary/aromatic N) is 4. The Hall–Kier alpha value is -7.86. The number of para-hydroxylation sites is 3. The van der Waals surface area contributed by atoms with Gasteiger partial charge in [0, 0.05) is 43.2 Å². The number of thiophene rings is 1. The van der Waals surface area contributed by atoms with Gasteiger partial charge in [-0.3, -0.25) is 4.57 Å². The van der Waals surface area contributed by atoms with E-state index in [9.17, 15) is 0 Å². The molecule has 4 heterocycles. The van der Waals surface area contributed by atoms with Crippen LogP contribution in [0.15, 0.2) is 206 Å². The molecule has 0 amide bonds. The zero-order valence-electron chi connectivity index (χ0n) is 32.8. The summed E-state index contributed by atoms with van der Waals surface area (Å²) < 4.78 is 5.78. The SMILES string of the molecule is c1ccc(-c2nc(-n3c4ccc(-c5cccc6c7ccccc7n(-c7ccccc7)c56)cc4c4c5ccccc5ccc43)nc3cc(-c4cccc5ccccc45)sc23)cc1. The van der Waals surface area contributed by atoms with Crippen LogP contribution in [-0.2, 0) is 0 Å². The minimum atomic E-state index is 0.656. The van der Waals surface area contributed by atoms with Gasteiger partial charge in [0.1, 0.15) is 0 Å². The van der Waals surface area contributed by atoms with Crippen molar-refractivity contribution in [3.63, 3.8) is 0 Å². The Kier molecular flexibility index (Phi) is 7.44. The number of hydrogen-bond donors (Lipinski definition) is 0. The van der Waals surface area contributed by atoms with Crippen molar-refractivity contribution >= 4 is 86.7 Å². The van der Waals surface area contributed by atoms with Crippen molar-refractivity contribution in [3.8, 4) is 44.5 Å². The molecule has 0 saturated carbocycles. The average Bonchev–Trinajstić information content (AvgIpc) is 4.02. The zero-order chi connectivity index (χ0) is 40.0. The van der Waals surface area contributed by atoms with E-state index in [0.717, 1.165) is 49.1 Å². The second-order valence-electron chi connectivity index (χ2n) is 15.7. The predicted octanol–water partition coefficient (Wildman–Crippen LogP) is 15.2. The first-order valence-corrected chi connectivity index (χ1v) is 21.5. The van der Waals surface area contributed by atoms with Crippen LogP contribution in [0.5, 0.6) is 0 Å². The predicted molar refractivity (Wildman–Crippen MR) is 257 cm³/mol. The largest absolute Gasteiger partial charge is 0.309 e. The van der Waals surface area contributed by atoms with Crippen LogP contribution >= 0.6 is 11.3 Å². The maximum atomic E-state index is 5.51. The molecule has 0 radical (unpaired) electrons. The molecule has 9 aromatic carbocycles. The van der Waals surface area contributed by atoms with Crippen molar-refractivity contribution in [1.29, 1.82) is 0 Å². The molecule has 13 rings (SSSR count). The molecule has 5 heteroatoms. The van der Waals surface area contributed by atoms with E-state index in [1.807, 2.05) is 0 Å². The van der Waals surface area contributed by atoms with E-state index < -0.39 is 0 Å². The Labute approximate surface area is 354 Å². The van der Waals surface area contributed by atoms with Gasteiger partial charge < -0.3 is 4.57 Å². The first-order valence-electron chi connectivity index (χ1n) is 20.7. The number of benzene rings is 9. The van der Waals surface area contributed by atoms with Crippen LogP contribution in [0.2, 0.25) is 0 Å². The Balaban J connectivity index is 1.09. The normalized spacial score (nSPS) is 11.9. The van der Waals surface area contributed by atoms with Gasteiger partial charge in [-0.05, 0) is 75.1 Å². The topological polar surface area (TPSA) is 35.6 Å². The molecule has 0 spiro atoms. The molecule has 0 aliphatic heterocycles. The molecule has 0 saturated heterocycles. The van der Waals surface area contributed by atoms with E-state index in [0.29, 0.717) is 5.95 Å². The van der Waals surface area contributed by atoms with Gasteiger partial charge in [0.15, 0.2) is 0 Å². The van der Waals surface area contributed by atoms with Crippen LogP contribution in [0.4, 0.5) is 0 Å². The van der Waals surface area contributed by atoms with Crippen molar-refractivity contribution in [1.82, 2.24) is 19.1 Å². The quantitative estimate of drug-likeness (QED) is 0.174. The lowest BCUT2D eigenvalue weighted by molar-refractivity contribution is 1.02. The Morgan fingerprint density at radius 3 is 1.89 bits per heavy atom. The maximum absolute atomic E-state index is 5.51. The summed E-state index contributed by atoms with van der Waals surface area (Å²) in [7, 11) is 0. The fourth-order valence-corrected chi connectivity index (χ4v) is 10.8. The minimum absolute atomic E-state index is 0.656. The maximum Gasteiger partial charge on any atom is 0.235 e. The number of fused-ring (bicyclic) bond motifs is 10. The Morgan fingerprint density at radius 1 is 0.393 bits per heavy atom. The molecule has 0 aliphatic rings. The molecular weight excluding hydrogens is 761 g/mol. The number of rotatable bonds is 5. The van der Waals surface area contributed by atoms with Crippen LogP contribution in [0.25, 0.3) is 120 Å². The van der Waals surface area contributed by atoms with Gasteiger partial charge >= 0.3 is 0 Å². The molecule has 0 bridgehead atoms. The van der Waals surface area contributed by atoms with Crippen molar-refractivity contribution in [2.24, 2.45) is 0 Å². The fraction of sp³-hybridized carbons (Fsp3) is 0. The molecule has 284 valence electrons. The summed E-state index contributed by atoms with van der Waals surface area (Å²) in [5.74, 6) is 0.656. The van der Waals surface area contributed by atoms with Crippen LogP contribution < -0.4 is 0 Å². The van der Waals surface area contributed by atoms with Crippen LogP contribution in [0.1, 0.15) is 0 Å². The highest BCUT2D eigenvalue weighted by Gasteiger charge is 2.23. The Morgan fingerprint density at radius 2 is 1.03 bits per heavy atom. The lowest BCUT2D eigenvalue weighted by Crippen LogP contribution is -2.02.